The molecule has 0 aliphatic carbocycles. The highest BCUT2D eigenvalue weighted by atomic mass is 35.5. The number of carbonyl (C=O) groups excluding carboxylic acids is 1. The third kappa shape index (κ3) is 3.31. The van der Waals surface area contributed by atoms with Crippen LogP contribution in [0.15, 0.2) is 58.3 Å². The normalized spacial score (nSPS) is 11.1. The summed E-state index contributed by atoms with van der Waals surface area (Å²) in [6, 6.07) is 10.1. The summed E-state index contributed by atoms with van der Waals surface area (Å²) >= 11 is 6.00. The first kappa shape index (κ1) is 19.7. The third-order valence-corrected chi connectivity index (χ3v) is 5.03. The van der Waals surface area contributed by atoms with Crippen LogP contribution in [-0.4, -0.2) is 20.0 Å². The predicted molar refractivity (Wildman–Crippen MR) is 113 cm³/mol. The first-order valence-electron chi connectivity index (χ1n) is 8.94. The van der Waals surface area contributed by atoms with Crippen LogP contribution < -0.4 is 16.6 Å². The Morgan fingerprint density at radius 3 is 2.53 bits per heavy atom. The van der Waals surface area contributed by atoms with Crippen molar-refractivity contribution in [1.29, 1.82) is 0 Å². The molecule has 7 nitrogen and oxygen atoms in total. The fourth-order valence-electron chi connectivity index (χ4n) is 3.29. The number of nitrogens with one attached hydrogen (secondary N) is 2. The van der Waals surface area contributed by atoms with Crippen LogP contribution in [0, 0.1) is 12.7 Å². The van der Waals surface area contributed by atoms with Crippen molar-refractivity contribution in [1.82, 2.24) is 14.1 Å². The number of anilines is 1. The van der Waals surface area contributed by atoms with Gasteiger partial charge in [0.15, 0.2) is 0 Å². The van der Waals surface area contributed by atoms with Crippen molar-refractivity contribution in [2.75, 3.05) is 5.32 Å². The molecule has 2 heterocycles. The molecule has 4 rings (SSSR count). The highest BCUT2D eigenvalue weighted by Crippen LogP contribution is 2.22. The lowest BCUT2D eigenvalue weighted by Crippen LogP contribution is -2.34. The molecular weight excluding hydrogens is 411 g/mol. The number of H-pyrrole nitrogens is 1. The zero-order valence-electron chi connectivity index (χ0n) is 16.0. The van der Waals surface area contributed by atoms with Gasteiger partial charge >= 0.3 is 5.69 Å². The van der Waals surface area contributed by atoms with Crippen LogP contribution in [0.3, 0.4) is 0 Å². The van der Waals surface area contributed by atoms with Crippen molar-refractivity contribution in [3.05, 3.63) is 91.5 Å². The lowest BCUT2D eigenvalue weighted by atomic mass is 10.2. The molecule has 0 radical (unpaired) electrons. The second-order valence-corrected chi connectivity index (χ2v) is 7.27. The number of amides is 1. The third-order valence-electron chi connectivity index (χ3n) is 4.80. The summed E-state index contributed by atoms with van der Waals surface area (Å²) in [7, 11) is 1.60. The summed E-state index contributed by atoms with van der Waals surface area (Å²) in [4.78, 5) is 41.1. The van der Waals surface area contributed by atoms with E-state index in [-0.39, 0.29) is 22.3 Å². The Labute approximate surface area is 174 Å². The van der Waals surface area contributed by atoms with E-state index in [2.05, 4.69) is 10.3 Å². The van der Waals surface area contributed by atoms with Crippen molar-refractivity contribution in [2.24, 2.45) is 7.05 Å². The van der Waals surface area contributed by atoms with E-state index >= 15 is 0 Å². The van der Waals surface area contributed by atoms with E-state index in [1.165, 1.54) is 22.9 Å². The van der Waals surface area contributed by atoms with E-state index in [4.69, 9.17) is 11.6 Å². The van der Waals surface area contributed by atoms with Crippen LogP contribution in [0.4, 0.5) is 10.1 Å². The van der Waals surface area contributed by atoms with Crippen molar-refractivity contribution < 1.29 is 9.18 Å². The van der Waals surface area contributed by atoms with Crippen LogP contribution in [-0.2, 0) is 7.05 Å². The quantitative estimate of drug-likeness (QED) is 0.526. The first-order chi connectivity index (χ1) is 14.3. The van der Waals surface area contributed by atoms with E-state index in [9.17, 15) is 18.8 Å². The maximum absolute atomic E-state index is 13.2. The molecular formula is C21H16ClFN4O3. The molecule has 30 heavy (non-hydrogen) atoms. The minimum absolute atomic E-state index is 0.114. The zero-order chi connectivity index (χ0) is 21.6. The van der Waals surface area contributed by atoms with Gasteiger partial charge in [0.2, 0.25) is 0 Å². The van der Waals surface area contributed by atoms with E-state index < -0.39 is 23.0 Å². The van der Waals surface area contributed by atoms with E-state index in [1.54, 1.807) is 25.2 Å². The van der Waals surface area contributed by atoms with Gasteiger partial charge in [-0.1, -0.05) is 17.7 Å². The summed E-state index contributed by atoms with van der Waals surface area (Å²) in [5.41, 5.74) is 0.555. The molecule has 0 spiro atoms. The molecule has 0 atom stereocenters. The Morgan fingerprint density at radius 2 is 1.83 bits per heavy atom. The van der Waals surface area contributed by atoms with Gasteiger partial charge in [-0.15, -0.1) is 0 Å². The fourth-order valence-corrected chi connectivity index (χ4v) is 3.46. The van der Waals surface area contributed by atoms with Crippen molar-refractivity contribution >= 4 is 34.2 Å². The van der Waals surface area contributed by atoms with Gasteiger partial charge in [-0.3, -0.25) is 9.59 Å². The molecule has 0 unspecified atom stereocenters. The molecule has 152 valence electrons. The molecule has 0 aliphatic rings. The molecule has 2 N–H and O–H groups in total. The smallest absolute Gasteiger partial charge is 0.333 e. The summed E-state index contributed by atoms with van der Waals surface area (Å²) in [5, 5.41) is 3.22. The predicted octanol–water partition coefficient (Wildman–Crippen LogP) is 3.37. The molecule has 2 aromatic heterocycles. The second-order valence-electron chi connectivity index (χ2n) is 6.84. The van der Waals surface area contributed by atoms with Crippen LogP contribution in [0.2, 0.25) is 5.02 Å². The minimum atomic E-state index is -0.738. The Balaban J connectivity index is 1.85. The first-order valence-corrected chi connectivity index (χ1v) is 9.32. The number of fused-ring (bicyclic) bond motifs is 1. The highest BCUT2D eigenvalue weighted by Gasteiger charge is 2.20. The summed E-state index contributed by atoms with van der Waals surface area (Å²) in [5.74, 6) is -0.987. The van der Waals surface area contributed by atoms with Gasteiger partial charge < -0.3 is 14.9 Å². The Hall–Kier alpha value is -3.65. The van der Waals surface area contributed by atoms with Gasteiger partial charge in [-0.2, -0.15) is 0 Å². The number of aryl methyl sites for hydroxylation is 2. The number of carbonyl (C=O) groups is 1. The SMILES string of the molecule is Cc1ccc(Cl)cc1NC(=O)c1cn(C)c2c(=O)n(-c3ccc(F)cc3)c(=O)[nH]c12. The van der Waals surface area contributed by atoms with Crippen LogP contribution in [0.1, 0.15) is 15.9 Å². The van der Waals surface area contributed by atoms with Crippen LogP contribution in [0.25, 0.3) is 16.7 Å². The molecule has 9 heteroatoms. The molecule has 0 saturated heterocycles. The van der Waals surface area contributed by atoms with Gasteiger partial charge in [0.25, 0.3) is 11.5 Å². The lowest BCUT2D eigenvalue weighted by molar-refractivity contribution is 0.102. The van der Waals surface area contributed by atoms with Gasteiger partial charge in [0.1, 0.15) is 11.3 Å². The molecule has 4 aromatic rings. The number of rotatable bonds is 3. The maximum atomic E-state index is 13.2. The van der Waals surface area contributed by atoms with Crippen molar-refractivity contribution in [2.45, 2.75) is 6.92 Å². The van der Waals surface area contributed by atoms with Crippen LogP contribution in [0.5, 0.6) is 0 Å². The number of aromatic nitrogens is 3. The van der Waals surface area contributed by atoms with E-state index in [0.717, 1.165) is 22.3 Å². The molecule has 0 saturated carbocycles. The number of halogens is 2. The van der Waals surface area contributed by atoms with Crippen LogP contribution >= 0.6 is 11.6 Å². The summed E-state index contributed by atoms with van der Waals surface area (Å²) in [6.45, 7) is 1.82. The Morgan fingerprint density at radius 1 is 1.13 bits per heavy atom. The minimum Gasteiger partial charge on any atom is -0.344 e. The van der Waals surface area contributed by atoms with Gasteiger partial charge in [-0.25, -0.2) is 13.8 Å². The Bertz CT molecular complexity index is 1420. The van der Waals surface area contributed by atoms with Crippen molar-refractivity contribution in [3.8, 4) is 5.69 Å². The standard InChI is InChI=1S/C21H16ClFN4O3/c1-11-3-4-12(22)9-16(11)24-19(28)15-10-26(2)18-17(15)25-21(30)27(20(18)29)14-7-5-13(23)6-8-14/h3-10H,1-2H3,(H,24,28)(H,25,30). The van der Waals surface area contributed by atoms with Crippen molar-refractivity contribution in [3.63, 3.8) is 0 Å². The number of nitrogens with zero attached hydrogens (tertiary/aromatic N) is 2. The monoisotopic (exact) mass is 426 g/mol. The van der Waals surface area contributed by atoms with Gasteiger partial charge in [0, 0.05) is 24.0 Å². The van der Waals surface area contributed by atoms with E-state index in [1.807, 2.05) is 6.92 Å². The average Bonchev–Trinajstić information content (AvgIpc) is 3.02. The topological polar surface area (TPSA) is 88.9 Å². The second kappa shape index (κ2) is 7.31. The molecule has 1 amide bonds. The zero-order valence-corrected chi connectivity index (χ0v) is 16.7. The molecule has 2 aromatic carbocycles. The summed E-state index contributed by atoms with van der Waals surface area (Å²) < 4.78 is 15.6. The highest BCUT2D eigenvalue weighted by molar-refractivity contribution is 6.31. The van der Waals surface area contributed by atoms with Gasteiger partial charge in [0.05, 0.1) is 16.8 Å². The number of hydrogen-bond donors (Lipinski definition) is 2. The number of benzene rings is 2. The Kier molecular flexibility index (Phi) is 4.79. The number of aromatic amines is 1. The van der Waals surface area contributed by atoms with E-state index in [0.29, 0.717) is 10.7 Å². The molecule has 0 fully saturated rings. The fraction of sp³-hybridized carbons (Fsp3) is 0.0952. The maximum Gasteiger partial charge on any atom is 0.333 e. The number of hydrogen-bond acceptors (Lipinski definition) is 3. The van der Waals surface area contributed by atoms with Gasteiger partial charge in [-0.05, 0) is 48.9 Å². The average molecular weight is 427 g/mol. The summed E-state index contributed by atoms with van der Waals surface area (Å²) in [6.07, 6.45) is 1.46. The molecule has 0 bridgehead atoms. The lowest BCUT2D eigenvalue weighted by Gasteiger charge is -2.08. The largest absolute Gasteiger partial charge is 0.344 e. The molecule has 0 aliphatic heterocycles.